The van der Waals surface area contributed by atoms with Crippen molar-refractivity contribution in [1.29, 1.82) is 0 Å². The average Bonchev–Trinajstić information content (AvgIpc) is 3.33. The molecular weight excluding hydrogens is 427 g/mol. The van der Waals surface area contributed by atoms with Crippen molar-refractivity contribution in [3.05, 3.63) is 51.7 Å². The average molecular weight is 451 g/mol. The number of nitrogens with zero attached hydrogens (tertiary/aromatic N) is 5. The van der Waals surface area contributed by atoms with Crippen LogP contribution in [0.1, 0.15) is 48.1 Å². The normalized spacial score (nSPS) is 10.9. The Morgan fingerprint density at radius 2 is 1.97 bits per heavy atom. The molecule has 0 bridgehead atoms. The van der Waals surface area contributed by atoms with Crippen LogP contribution in [0.3, 0.4) is 0 Å². The number of carbonyl (C=O) groups excluding carboxylic acids is 1. The van der Waals surface area contributed by atoms with Crippen LogP contribution in [0.4, 0.5) is 5.82 Å². The Hall–Kier alpha value is -2.65. The SMILES string of the molecule is CCCCNc1nc(Cl)[nH]c1C(=O)NCCCn1nnnc1Cc1ccc(Cl)cc1. The van der Waals surface area contributed by atoms with E-state index in [9.17, 15) is 4.79 Å². The summed E-state index contributed by atoms with van der Waals surface area (Å²) in [5.41, 5.74) is 1.41. The van der Waals surface area contributed by atoms with Crippen LogP contribution in [0.2, 0.25) is 10.3 Å². The molecule has 0 atom stereocenters. The third kappa shape index (κ3) is 6.17. The number of imidazole rings is 1. The van der Waals surface area contributed by atoms with E-state index >= 15 is 0 Å². The molecule has 2 aromatic heterocycles. The molecule has 0 fully saturated rings. The second kappa shape index (κ2) is 10.9. The second-order valence-corrected chi connectivity index (χ2v) is 7.56. The highest BCUT2D eigenvalue weighted by Gasteiger charge is 2.16. The Balaban J connectivity index is 1.48. The highest BCUT2D eigenvalue weighted by Crippen LogP contribution is 2.16. The lowest BCUT2D eigenvalue weighted by molar-refractivity contribution is 0.0949. The number of carbonyl (C=O) groups is 1. The lowest BCUT2D eigenvalue weighted by Gasteiger charge is -2.08. The van der Waals surface area contributed by atoms with E-state index in [4.69, 9.17) is 23.2 Å². The number of halogens is 2. The molecule has 0 aliphatic heterocycles. The number of anilines is 1. The van der Waals surface area contributed by atoms with Crippen molar-refractivity contribution in [1.82, 2.24) is 35.5 Å². The van der Waals surface area contributed by atoms with Gasteiger partial charge in [0.2, 0.25) is 5.28 Å². The largest absolute Gasteiger partial charge is 0.368 e. The number of aryl methyl sites for hydroxylation is 1. The fraction of sp³-hybridized carbons (Fsp3) is 0.421. The second-order valence-electron chi connectivity index (χ2n) is 6.76. The van der Waals surface area contributed by atoms with Crippen molar-refractivity contribution in [2.24, 2.45) is 0 Å². The quantitative estimate of drug-likeness (QED) is 0.386. The zero-order chi connectivity index (χ0) is 21.3. The predicted octanol–water partition coefficient (Wildman–Crippen LogP) is 3.33. The number of hydrogen-bond acceptors (Lipinski definition) is 6. The number of unbranched alkanes of at least 4 members (excludes halogenated alkanes) is 1. The molecule has 3 aromatic rings. The minimum atomic E-state index is -0.258. The Morgan fingerprint density at radius 1 is 1.17 bits per heavy atom. The van der Waals surface area contributed by atoms with Gasteiger partial charge in [0.05, 0.1) is 0 Å². The molecule has 0 saturated carbocycles. The summed E-state index contributed by atoms with van der Waals surface area (Å²) in [4.78, 5) is 19.4. The fourth-order valence-electron chi connectivity index (χ4n) is 2.85. The number of aromatic amines is 1. The van der Waals surface area contributed by atoms with Crippen LogP contribution in [-0.2, 0) is 13.0 Å². The number of tetrazole rings is 1. The first-order chi connectivity index (χ1) is 14.6. The number of nitrogens with one attached hydrogen (secondary N) is 3. The van der Waals surface area contributed by atoms with E-state index in [-0.39, 0.29) is 11.2 Å². The summed E-state index contributed by atoms with van der Waals surface area (Å²) < 4.78 is 1.74. The van der Waals surface area contributed by atoms with E-state index in [0.29, 0.717) is 42.5 Å². The van der Waals surface area contributed by atoms with Gasteiger partial charge in [-0.2, -0.15) is 0 Å². The number of rotatable bonds is 11. The molecule has 0 saturated heterocycles. The Kier molecular flexibility index (Phi) is 8.04. The third-order valence-electron chi connectivity index (χ3n) is 4.44. The molecule has 9 nitrogen and oxygen atoms in total. The number of amides is 1. The van der Waals surface area contributed by atoms with Gasteiger partial charge >= 0.3 is 0 Å². The van der Waals surface area contributed by atoms with Gasteiger partial charge in [0, 0.05) is 31.1 Å². The fourth-order valence-corrected chi connectivity index (χ4v) is 3.15. The molecule has 1 aromatic carbocycles. The monoisotopic (exact) mass is 450 g/mol. The summed E-state index contributed by atoms with van der Waals surface area (Å²) in [6.45, 7) is 3.87. The lowest BCUT2D eigenvalue weighted by Crippen LogP contribution is -2.27. The third-order valence-corrected chi connectivity index (χ3v) is 4.87. The topological polar surface area (TPSA) is 113 Å². The van der Waals surface area contributed by atoms with Crippen molar-refractivity contribution in [2.45, 2.75) is 39.2 Å². The molecule has 2 heterocycles. The molecule has 30 heavy (non-hydrogen) atoms. The van der Waals surface area contributed by atoms with Crippen LogP contribution in [0.5, 0.6) is 0 Å². The van der Waals surface area contributed by atoms with E-state index in [2.05, 4.69) is 43.1 Å². The van der Waals surface area contributed by atoms with E-state index in [0.717, 1.165) is 30.8 Å². The van der Waals surface area contributed by atoms with Gasteiger partial charge in [-0.25, -0.2) is 9.67 Å². The molecule has 0 radical (unpaired) electrons. The predicted molar refractivity (Wildman–Crippen MR) is 116 cm³/mol. The highest BCUT2D eigenvalue weighted by molar-refractivity contribution is 6.30. The van der Waals surface area contributed by atoms with Gasteiger partial charge in [0.25, 0.3) is 5.91 Å². The van der Waals surface area contributed by atoms with Crippen molar-refractivity contribution < 1.29 is 4.79 Å². The van der Waals surface area contributed by atoms with Crippen molar-refractivity contribution in [3.63, 3.8) is 0 Å². The van der Waals surface area contributed by atoms with Crippen LogP contribution in [-0.4, -0.2) is 49.2 Å². The molecule has 1 amide bonds. The van der Waals surface area contributed by atoms with Gasteiger partial charge in [-0.05, 0) is 52.6 Å². The first-order valence-electron chi connectivity index (χ1n) is 9.84. The first kappa shape index (κ1) is 22.0. The van der Waals surface area contributed by atoms with Crippen LogP contribution >= 0.6 is 23.2 Å². The van der Waals surface area contributed by atoms with E-state index < -0.39 is 0 Å². The van der Waals surface area contributed by atoms with Gasteiger partial charge in [-0.15, -0.1) is 5.10 Å². The maximum Gasteiger partial charge on any atom is 0.271 e. The molecule has 0 spiro atoms. The van der Waals surface area contributed by atoms with Crippen LogP contribution in [0.25, 0.3) is 0 Å². The summed E-state index contributed by atoms with van der Waals surface area (Å²) in [5, 5.41) is 18.8. The Morgan fingerprint density at radius 3 is 2.73 bits per heavy atom. The smallest absolute Gasteiger partial charge is 0.271 e. The maximum absolute atomic E-state index is 12.5. The van der Waals surface area contributed by atoms with Gasteiger partial charge in [-0.3, -0.25) is 4.79 Å². The standard InChI is InChI=1S/C19H24Cl2N8O/c1-2-3-9-22-17-16(24-19(21)25-17)18(30)23-10-4-11-29-15(26-27-28-29)12-13-5-7-14(20)8-6-13/h5-8,22H,2-4,9-12H2,1H3,(H,23,30)(H,24,25). The van der Waals surface area contributed by atoms with Crippen molar-refractivity contribution in [3.8, 4) is 0 Å². The molecule has 0 aliphatic carbocycles. The summed E-state index contributed by atoms with van der Waals surface area (Å²) >= 11 is 11.8. The zero-order valence-electron chi connectivity index (χ0n) is 16.7. The van der Waals surface area contributed by atoms with E-state index in [1.165, 1.54) is 0 Å². The Bertz CT molecular complexity index is 954. The molecule has 160 valence electrons. The van der Waals surface area contributed by atoms with E-state index in [1.54, 1.807) is 4.68 Å². The molecule has 11 heteroatoms. The van der Waals surface area contributed by atoms with Crippen LogP contribution in [0, 0.1) is 0 Å². The zero-order valence-corrected chi connectivity index (χ0v) is 18.2. The molecule has 3 rings (SSSR count). The number of H-pyrrole nitrogens is 1. The van der Waals surface area contributed by atoms with Gasteiger partial charge < -0.3 is 15.6 Å². The summed E-state index contributed by atoms with van der Waals surface area (Å²) in [6, 6.07) is 7.58. The molecule has 0 unspecified atom stereocenters. The van der Waals surface area contributed by atoms with Crippen LogP contribution < -0.4 is 10.6 Å². The van der Waals surface area contributed by atoms with E-state index in [1.807, 2.05) is 24.3 Å². The van der Waals surface area contributed by atoms with Crippen molar-refractivity contribution >= 4 is 34.9 Å². The minimum Gasteiger partial charge on any atom is -0.368 e. The first-order valence-corrected chi connectivity index (χ1v) is 10.6. The van der Waals surface area contributed by atoms with Gasteiger partial charge in [-0.1, -0.05) is 37.1 Å². The maximum atomic E-state index is 12.5. The Labute approximate surface area is 184 Å². The van der Waals surface area contributed by atoms with Gasteiger partial charge in [0.1, 0.15) is 5.69 Å². The number of hydrogen-bond donors (Lipinski definition) is 3. The number of benzene rings is 1. The van der Waals surface area contributed by atoms with Crippen molar-refractivity contribution in [2.75, 3.05) is 18.4 Å². The molecule has 3 N–H and O–H groups in total. The number of aromatic nitrogens is 6. The van der Waals surface area contributed by atoms with Crippen LogP contribution in [0.15, 0.2) is 24.3 Å². The summed E-state index contributed by atoms with van der Waals surface area (Å²) in [7, 11) is 0. The summed E-state index contributed by atoms with van der Waals surface area (Å²) in [6.07, 6.45) is 3.31. The lowest BCUT2D eigenvalue weighted by atomic mass is 10.1. The minimum absolute atomic E-state index is 0.180. The molecule has 0 aliphatic rings. The highest BCUT2D eigenvalue weighted by atomic mass is 35.5. The summed E-state index contributed by atoms with van der Waals surface area (Å²) in [5.74, 6) is 0.967. The van der Waals surface area contributed by atoms with Gasteiger partial charge in [0.15, 0.2) is 11.6 Å². The molecular formula is C19H24Cl2N8O.